The zero-order valence-corrected chi connectivity index (χ0v) is 17.2. The van der Waals surface area contributed by atoms with Gasteiger partial charge in [0.1, 0.15) is 6.61 Å². The third-order valence-corrected chi connectivity index (χ3v) is 5.44. The van der Waals surface area contributed by atoms with E-state index in [-0.39, 0.29) is 12.5 Å². The molecular weight excluding hydrogens is 390 g/mol. The van der Waals surface area contributed by atoms with Crippen LogP contribution in [-0.4, -0.2) is 28.0 Å². The fourth-order valence-corrected chi connectivity index (χ4v) is 3.54. The van der Waals surface area contributed by atoms with E-state index in [2.05, 4.69) is 15.5 Å². The summed E-state index contributed by atoms with van der Waals surface area (Å²) in [4.78, 5) is 12.6. The molecule has 0 saturated carbocycles. The van der Waals surface area contributed by atoms with Crippen LogP contribution in [0.1, 0.15) is 30.0 Å². The minimum atomic E-state index is -0.481. The van der Waals surface area contributed by atoms with Crippen molar-refractivity contribution in [2.24, 2.45) is 0 Å². The summed E-state index contributed by atoms with van der Waals surface area (Å²) in [5.74, 6) is 1.52. The first-order chi connectivity index (χ1) is 14.0. The highest BCUT2D eigenvalue weighted by molar-refractivity contribution is 8.00. The fourth-order valence-electron chi connectivity index (χ4n) is 2.85. The Labute approximate surface area is 172 Å². The van der Waals surface area contributed by atoms with Crippen molar-refractivity contribution >= 4 is 23.4 Å². The van der Waals surface area contributed by atoms with Gasteiger partial charge in [0.25, 0.3) is 11.1 Å². The average Bonchev–Trinajstić information content (AvgIpc) is 3.18. The van der Waals surface area contributed by atoms with Crippen molar-refractivity contribution in [3.8, 4) is 11.5 Å². The van der Waals surface area contributed by atoms with Crippen molar-refractivity contribution in [1.82, 2.24) is 10.2 Å². The largest absolute Gasteiger partial charge is 0.485 e. The Morgan fingerprint density at radius 2 is 1.97 bits per heavy atom. The fraction of sp³-hybridized carbons (Fsp3) is 0.286. The summed E-state index contributed by atoms with van der Waals surface area (Å²) < 4.78 is 17.3. The first-order valence-corrected chi connectivity index (χ1v) is 10.1. The van der Waals surface area contributed by atoms with Crippen LogP contribution in [0.25, 0.3) is 0 Å². The Bertz CT molecular complexity index is 1040. The number of nitrogens with zero attached hydrogens (tertiary/aromatic N) is 2. The van der Waals surface area contributed by atoms with E-state index in [4.69, 9.17) is 13.9 Å². The summed E-state index contributed by atoms with van der Waals surface area (Å²) in [6, 6.07) is 13.4. The number of rotatable bonds is 5. The molecule has 2 heterocycles. The van der Waals surface area contributed by atoms with Crippen molar-refractivity contribution in [3.63, 3.8) is 0 Å². The lowest BCUT2D eigenvalue weighted by molar-refractivity contribution is -0.115. The zero-order valence-electron chi connectivity index (χ0n) is 16.3. The molecule has 1 aliphatic heterocycles. The number of aromatic nitrogens is 2. The van der Waals surface area contributed by atoms with Gasteiger partial charge in [-0.15, -0.1) is 10.2 Å². The van der Waals surface area contributed by atoms with Crippen LogP contribution in [0.4, 0.5) is 5.69 Å². The Morgan fingerprint density at radius 1 is 1.17 bits per heavy atom. The topological polar surface area (TPSA) is 86.5 Å². The monoisotopic (exact) mass is 411 g/mol. The molecule has 1 aromatic heterocycles. The van der Waals surface area contributed by atoms with Crippen molar-refractivity contribution in [2.45, 2.75) is 37.3 Å². The van der Waals surface area contributed by atoms with Gasteiger partial charge in [0.15, 0.2) is 11.5 Å². The van der Waals surface area contributed by atoms with Crippen LogP contribution >= 0.6 is 11.8 Å². The summed E-state index contributed by atoms with van der Waals surface area (Å²) in [6.07, 6.45) is -0.481. The lowest BCUT2D eigenvalue weighted by Gasteiger charge is -2.23. The smallest absolute Gasteiger partial charge is 0.277 e. The Hall–Kier alpha value is -3.00. The summed E-state index contributed by atoms with van der Waals surface area (Å²) in [5.41, 5.74) is 2.90. The van der Waals surface area contributed by atoms with Gasteiger partial charge < -0.3 is 19.2 Å². The predicted octanol–water partition coefficient (Wildman–Crippen LogP) is 4.32. The molecule has 3 aromatic rings. The number of anilines is 1. The first kappa shape index (κ1) is 19.3. The van der Waals surface area contributed by atoms with Crippen LogP contribution < -0.4 is 14.8 Å². The minimum Gasteiger partial charge on any atom is -0.485 e. The molecule has 1 N–H and O–H groups in total. The number of nitrogens with one attached hydrogen (secondary N) is 1. The molecule has 0 aliphatic carbocycles. The molecule has 29 heavy (non-hydrogen) atoms. The second-order valence-electron chi connectivity index (χ2n) is 6.84. The number of amides is 1. The molecule has 4 rings (SSSR count). The van der Waals surface area contributed by atoms with Crippen LogP contribution in [0.3, 0.4) is 0 Å². The van der Waals surface area contributed by atoms with Gasteiger partial charge >= 0.3 is 0 Å². The van der Waals surface area contributed by atoms with E-state index in [1.165, 1.54) is 11.8 Å². The molecule has 150 valence electrons. The highest BCUT2D eigenvalue weighted by atomic mass is 32.2. The van der Waals surface area contributed by atoms with Gasteiger partial charge in [-0.05, 0) is 50.1 Å². The number of para-hydroxylation sites is 2. The van der Waals surface area contributed by atoms with Crippen LogP contribution in [0, 0.1) is 13.8 Å². The number of thioether (sulfide) groups is 1. The molecule has 1 aliphatic rings. The van der Waals surface area contributed by atoms with Gasteiger partial charge in [-0.3, -0.25) is 4.79 Å². The van der Waals surface area contributed by atoms with E-state index in [0.717, 1.165) is 16.8 Å². The Kier molecular flexibility index (Phi) is 5.44. The first-order valence-electron chi connectivity index (χ1n) is 9.26. The second-order valence-corrected chi connectivity index (χ2v) is 8.13. The molecule has 0 fully saturated rings. The molecule has 1 amide bonds. The average molecular weight is 411 g/mol. The lowest BCUT2D eigenvalue weighted by atomic mass is 10.1. The standard InChI is InChI=1S/C21H21N3O4S/c1-12-8-9-13(2)15(10-12)22-19(25)14(3)29-21-24-23-20(28-21)18-11-26-16-6-4-5-7-17(16)27-18/h4-10,14,18H,11H2,1-3H3,(H,22,25)/t14-,18-/m1/s1. The van der Waals surface area contributed by atoms with Crippen LogP contribution in [0.2, 0.25) is 0 Å². The maximum absolute atomic E-state index is 12.6. The molecule has 0 unspecified atom stereocenters. The summed E-state index contributed by atoms with van der Waals surface area (Å²) in [5, 5.41) is 11.0. The van der Waals surface area contributed by atoms with Crippen molar-refractivity contribution in [1.29, 1.82) is 0 Å². The summed E-state index contributed by atoms with van der Waals surface area (Å²) in [7, 11) is 0. The van der Waals surface area contributed by atoms with Gasteiger partial charge in [-0.2, -0.15) is 0 Å². The highest BCUT2D eigenvalue weighted by Gasteiger charge is 2.28. The van der Waals surface area contributed by atoms with Gasteiger partial charge in [-0.25, -0.2) is 0 Å². The Balaban J connectivity index is 1.38. The van der Waals surface area contributed by atoms with Gasteiger partial charge in [-0.1, -0.05) is 36.0 Å². The van der Waals surface area contributed by atoms with E-state index in [9.17, 15) is 4.79 Å². The number of aryl methyl sites for hydroxylation is 2. The third-order valence-electron chi connectivity index (χ3n) is 4.50. The Morgan fingerprint density at radius 3 is 2.79 bits per heavy atom. The SMILES string of the molecule is Cc1ccc(C)c(NC(=O)[C@@H](C)Sc2nnc([C@H]3COc4ccccc4O3)o2)c1. The molecule has 0 bridgehead atoms. The maximum Gasteiger partial charge on any atom is 0.277 e. The quantitative estimate of drug-likeness (QED) is 0.626. The predicted molar refractivity (Wildman–Crippen MR) is 109 cm³/mol. The van der Waals surface area contributed by atoms with E-state index in [1.807, 2.05) is 56.3 Å². The maximum atomic E-state index is 12.6. The van der Waals surface area contributed by atoms with Crippen LogP contribution in [-0.2, 0) is 4.79 Å². The number of hydrogen-bond acceptors (Lipinski definition) is 7. The van der Waals surface area contributed by atoms with Crippen LogP contribution in [0.5, 0.6) is 11.5 Å². The molecule has 0 saturated heterocycles. The number of ether oxygens (including phenoxy) is 2. The normalized spacial score (nSPS) is 16.3. The number of benzene rings is 2. The summed E-state index contributed by atoms with van der Waals surface area (Å²) >= 11 is 1.20. The number of fused-ring (bicyclic) bond motifs is 1. The van der Waals surface area contributed by atoms with E-state index in [0.29, 0.717) is 22.6 Å². The van der Waals surface area contributed by atoms with Gasteiger partial charge in [0, 0.05) is 5.69 Å². The molecule has 0 spiro atoms. The molecule has 7 nitrogen and oxygen atoms in total. The molecule has 8 heteroatoms. The summed E-state index contributed by atoms with van der Waals surface area (Å²) in [6.45, 7) is 6.03. The third kappa shape index (κ3) is 4.37. The molecule has 0 radical (unpaired) electrons. The van der Waals surface area contributed by atoms with Crippen LogP contribution in [0.15, 0.2) is 52.1 Å². The second kappa shape index (κ2) is 8.16. The minimum absolute atomic E-state index is 0.130. The molecule has 2 atom stereocenters. The van der Waals surface area contributed by atoms with Crippen molar-refractivity contribution in [2.75, 3.05) is 11.9 Å². The van der Waals surface area contributed by atoms with E-state index in [1.54, 1.807) is 6.92 Å². The number of hydrogen-bond donors (Lipinski definition) is 1. The van der Waals surface area contributed by atoms with Gasteiger partial charge in [0.2, 0.25) is 12.0 Å². The van der Waals surface area contributed by atoms with Crippen molar-refractivity contribution in [3.05, 3.63) is 59.5 Å². The zero-order chi connectivity index (χ0) is 20.4. The molecular formula is C21H21N3O4S. The van der Waals surface area contributed by atoms with Gasteiger partial charge in [0.05, 0.1) is 5.25 Å². The highest BCUT2D eigenvalue weighted by Crippen LogP contribution is 2.36. The molecule has 2 aromatic carbocycles. The van der Waals surface area contributed by atoms with E-state index >= 15 is 0 Å². The number of carbonyl (C=O) groups excluding carboxylic acids is 1. The number of carbonyl (C=O) groups is 1. The lowest BCUT2D eigenvalue weighted by Crippen LogP contribution is -2.23. The van der Waals surface area contributed by atoms with Crippen molar-refractivity contribution < 1.29 is 18.7 Å². The van der Waals surface area contributed by atoms with E-state index < -0.39 is 11.4 Å².